The molecule has 3 rings (SSSR count). The van der Waals surface area contributed by atoms with Crippen molar-refractivity contribution in [3.8, 4) is 11.5 Å². The summed E-state index contributed by atoms with van der Waals surface area (Å²) in [4.78, 5) is 51.3. The van der Waals surface area contributed by atoms with Crippen LogP contribution in [-0.4, -0.2) is 59.1 Å². The van der Waals surface area contributed by atoms with E-state index in [2.05, 4.69) is 0 Å². The molecule has 3 amide bonds. The lowest BCUT2D eigenvalue weighted by molar-refractivity contribution is -0.135. The third kappa shape index (κ3) is 4.97. The molecule has 0 N–H and O–H groups in total. The molecule has 1 aromatic carbocycles. The lowest BCUT2D eigenvalue weighted by Gasteiger charge is -2.18. The average Bonchev–Trinajstić information content (AvgIpc) is 3.29. The van der Waals surface area contributed by atoms with Crippen molar-refractivity contribution in [2.45, 2.75) is 26.7 Å². The maximum absolute atomic E-state index is 12.6. The van der Waals surface area contributed by atoms with Gasteiger partial charge in [0.1, 0.15) is 6.54 Å². The van der Waals surface area contributed by atoms with Crippen LogP contribution < -0.4 is 9.47 Å². The van der Waals surface area contributed by atoms with E-state index in [1.807, 2.05) is 0 Å². The molecule has 29 heavy (non-hydrogen) atoms. The number of benzene rings is 1. The first-order chi connectivity index (χ1) is 13.9. The van der Waals surface area contributed by atoms with Crippen LogP contribution in [0, 0.1) is 0 Å². The summed E-state index contributed by atoms with van der Waals surface area (Å²) in [6.45, 7) is 4.56. The summed E-state index contributed by atoms with van der Waals surface area (Å²) in [6, 6.07) is 4.86. The zero-order valence-corrected chi connectivity index (χ0v) is 17.1. The molecule has 2 aliphatic heterocycles. The summed E-state index contributed by atoms with van der Waals surface area (Å²) in [5.41, 5.74) is 0.612. The first kappa shape index (κ1) is 20.9. The molecule has 2 aliphatic rings. The highest BCUT2D eigenvalue weighted by Crippen LogP contribution is 2.34. The van der Waals surface area contributed by atoms with Crippen LogP contribution in [0.25, 0.3) is 6.08 Å². The fraction of sp³-hybridized carbons (Fsp3) is 0.400. The van der Waals surface area contributed by atoms with E-state index in [0.29, 0.717) is 31.0 Å². The third-order valence-electron chi connectivity index (χ3n) is 4.44. The zero-order chi connectivity index (χ0) is 21.0. The number of rotatable bonds is 6. The van der Waals surface area contributed by atoms with Crippen molar-refractivity contribution >= 4 is 40.9 Å². The van der Waals surface area contributed by atoms with Crippen molar-refractivity contribution in [2.24, 2.45) is 0 Å². The molecule has 2 saturated heterocycles. The smallest absolute Gasteiger partial charge is 0.308 e. The quantitative estimate of drug-likeness (QED) is 0.398. The Balaban J connectivity index is 1.76. The van der Waals surface area contributed by atoms with Gasteiger partial charge in [0.25, 0.3) is 11.1 Å². The minimum absolute atomic E-state index is 0.213. The van der Waals surface area contributed by atoms with Crippen molar-refractivity contribution in [2.75, 3.05) is 26.2 Å². The number of amides is 3. The van der Waals surface area contributed by atoms with Gasteiger partial charge in [-0.3, -0.25) is 24.1 Å². The largest absolute Gasteiger partial charge is 0.490 e. The first-order valence-electron chi connectivity index (χ1n) is 9.37. The Morgan fingerprint density at radius 2 is 1.90 bits per heavy atom. The van der Waals surface area contributed by atoms with Crippen LogP contribution >= 0.6 is 11.8 Å². The summed E-state index contributed by atoms with van der Waals surface area (Å²) in [7, 11) is 0. The number of imide groups is 1. The highest BCUT2D eigenvalue weighted by Gasteiger charge is 2.37. The van der Waals surface area contributed by atoms with Crippen LogP contribution in [0.15, 0.2) is 23.1 Å². The Labute approximate surface area is 172 Å². The molecule has 2 heterocycles. The summed E-state index contributed by atoms with van der Waals surface area (Å²) in [5.74, 6) is -0.534. The maximum atomic E-state index is 12.6. The van der Waals surface area contributed by atoms with Gasteiger partial charge in [-0.05, 0) is 55.3 Å². The molecule has 0 atom stereocenters. The fourth-order valence-electron chi connectivity index (χ4n) is 3.11. The number of likely N-dealkylation sites (tertiary alicyclic amines) is 1. The van der Waals surface area contributed by atoms with Crippen LogP contribution in [0.2, 0.25) is 0 Å². The van der Waals surface area contributed by atoms with Gasteiger partial charge in [-0.25, -0.2) is 0 Å². The monoisotopic (exact) mass is 418 g/mol. The van der Waals surface area contributed by atoms with Crippen molar-refractivity contribution in [3.63, 3.8) is 0 Å². The number of carbonyl (C=O) groups excluding carboxylic acids is 4. The SMILES string of the molecule is CCOc1cc(/C=C2\SC(=O)N(CC(=O)N3CCCC3)C2=O)ccc1OC(C)=O. The van der Waals surface area contributed by atoms with E-state index < -0.39 is 17.1 Å². The number of carbonyl (C=O) groups is 4. The Hall–Kier alpha value is -2.81. The zero-order valence-electron chi connectivity index (χ0n) is 16.3. The standard InChI is InChI=1S/C20H22N2O6S/c1-3-27-16-10-14(6-7-15(16)28-13(2)23)11-17-19(25)22(20(26)29-17)12-18(24)21-8-4-5-9-21/h6-7,10-11H,3-5,8-9,12H2,1-2H3/b17-11-. The number of nitrogens with zero attached hydrogens (tertiary/aromatic N) is 2. The summed E-state index contributed by atoms with van der Waals surface area (Å²) >= 11 is 0.797. The highest BCUT2D eigenvalue weighted by molar-refractivity contribution is 8.18. The van der Waals surface area contributed by atoms with Crippen molar-refractivity contribution < 1.29 is 28.7 Å². The Morgan fingerprint density at radius 3 is 2.55 bits per heavy atom. The van der Waals surface area contributed by atoms with Crippen molar-refractivity contribution in [3.05, 3.63) is 28.7 Å². The van der Waals surface area contributed by atoms with Gasteiger partial charge >= 0.3 is 5.97 Å². The number of thioether (sulfide) groups is 1. The lowest BCUT2D eigenvalue weighted by Crippen LogP contribution is -2.40. The van der Waals surface area contributed by atoms with E-state index in [4.69, 9.17) is 9.47 Å². The maximum Gasteiger partial charge on any atom is 0.308 e. The Bertz CT molecular complexity index is 876. The van der Waals surface area contributed by atoms with Gasteiger partial charge < -0.3 is 14.4 Å². The minimum Gasteiger partial charge on any atom is -0.490 e. The van der Waals surface area contributed by atoms with E-state index >= 15 is 0 Å². The van der Waals surface area contributed by atoms with Crippen molar-refractivity contribution in [1.29, 1.82) is 0 Å². The van der Waals surface area contributed by atoms with Crippen LogP contribution in [0.5, 0.6) is 11.5 Å². The Kier molecular flexibility index (Phi) is 6.58. The predicted octanol–water partition coefficient (Wildman–Crippen LogP) is 2.67. The molecule has 9 heteroatoms. The molecule has 0 unspecified atom stereocenters. The number of esters is 1. The molecule has 0 spiro atoms. The van der Waals surface area contributed by atoms with E-state index in [9.17, 15) is 19.2 Å². The number of ether oxygens (including phenoxy) is 2. The van der Waals surface area contributed by atoms with Gasteiger partial charge in [-0.15, -0.1) is 0 Å². The van der Waals surface area contributed by atoms with Crippen LogP contribution in [0.3, 0.4) is 0 Å². The first-order valence-corrected chi connectivity index (χ1v) is 10.2. The van der Waals surface area contributed by atoms with Gasteiger partial charge in [-0.2, -0.15) is 0 Å². The topological polar surface area (TPSA) is 93.2 Å². The number of hydrogen-bond donors (Lipinski definition) is 0. The van der Waals surface area contributed by atoms with Gasteiger partial charge in [0.2, 0.25) is 5.91 Å². The second-order valence-electron chi connectivity index (χ2n) is 6.59. The minimum atomic E-state index is -0.491. The predicted molar refractivity (Wildman–Crippen MR) is 107 cm³/mol. The van der Waals surface area contributed by atoms with Gasteiger partial charge in [0, 0.05) is 20.0 Å². The van der Waals surface area contributed by atoms with Gasteiger partial charge in [0.15, 0.2) is 11.5 Å². The molecule has 154 valence electrons. The second kappa shape index (κ2) is 9.13. The van der Waals surface area contributed by atoms with Gasteiger partial charge in [0.05, 0.1) is 11.5 Å². The van der Waals surface area contributed by atoms with Gasteiger partial charge in [-0.1, -0.05) is 6.07 Å². The summed E-state index contributed by atoms with van der Waals surface area (Å²) in [6.07, 6.45) is 3.45. The molecule has 0 saturated carbocycles. The number of hydrogen-bond acceptors (Lipinski definition) is 7. The van der Waals surface area contributed by atoms with E-state index in [1.165, 1.54) is 6.92 Å². The normalized spacial score (nSPS) is 17.9. The average molecular weight is 418 g/mol. The molecule has 8 nitrogen and oxygen atoms in total. The highest BCUT2D eigenvalue weighted by atomic mass is 32.2. The van der Waals surface area contributed by atoms with E-state index in [1.54, 1.807) is 36.1 Å². The molecule has 0 bridgehead atoms. The molecule has 0 aliphatic carbocycles. The van der Waals surface area contributed by atoms with Crippen molar-refractivity contribution in [1.82, 2.24) is 9.80 Å². The molecule has 0 radical (unpaired) electrons. The Morgan fingerprint density at radius 1 is 1.17 bits per heavy atom. The molecule has 2 fully saturated rings. The van der Waals surface area contributed by atoms with Crippen LogP contribution in [0.1, 0.15) is 32.3 Å². The molecule has 1 aromatic rings. The summed E-state index contributed by atoms with van der Waals surface area (Å²) in [5, 5.41) is -0.463. The molecule has 0 aromatic heterocycles. The fourth-order valence-corrected chi connectivity index (χ4v) is 3.95. The van der Waals surface area contributed by atoms with E-state index in [0.717, 1.165) is 29.5 Å². The third-order valence-corrected chi connectivity index (χ3v) is 5.35. The second-order valence-corrected chi connectivity index (χ2v) is 7.58. The summed E-state index contributed by atoms with van der Waals surface area (Å²) < 4.78 is 10.6. The van der Waals surface area contributed by atoms with Crippen LogP contribution in [-0.2, 0) is 14.4 Å². The van der Waals surface area contributed by atoms with Crippen LogP contribution in [0.4, 0.5) is 4.79 Å². The lowest BCUT2D eigenvalue weighted by atomic mass is 10.2. The molecular formula is C20H22N2O6S. The van der Waals surface area contributed by atoms with E-state index in [-0.39, 0.29) is 23.1 Å². The molecular weight excluding hydrogens is 396 g/mol.